The maximum atomic E-state index is 12.5. The van der Waals surface area contributed by atoms with E-state index in [2.05, 4.69) is 32.2 Å². The monoisotopic (exact) mass is 322 g/mol. The van der Waals surface area contributed by atoms with Crippen LogP contribution < -0.4 is 5.32 Å². The van der Waals surface area contributed by atoms with Crippen LogP contribution in [0.5, 0.6) is 0 Å². The Kier molecular flexibility index (Phi) is 5.14. The molecule has 1 aromatic heterocycles. The van der Waals surface area contributed by atoms with Crippen LogP contribution >= 0.6 is 12.4 Å². The zero-order valence-corrected chi connectivity index (χ0v) is 14.1. The molecule has 2 aromatic rings. The first-order valence-electron chi connectivity index (χ1n) is 7.54. The van der Waals surface area contributed by atoms with Crippen molar-refractivity contribution in [2.75, 3.05) is 19.6 Å². The lowest BCUT2D eigenvalue weighted by Gasteiger charge is -2.34. The Balaban J connectivity index is 0.00000176. The number of hydrogen-bond donors (Lipinski definition) is 1. The maximum absolute atomic E-state index is 12.5. The highest BCUT2D eigenvalue weighted by Gasteiger charge is 2.24. The average Bonchev–Trinajstić information content (AvgIpc) is 2.82. The number of hydrogen-bond acceptors (Lipinski definition) is 3. The van der Waals surface area contributed by atoms with Gasteiger partial charge in [0.2, 0.25) is 5.91 Å². The third-order valence-corrected chi connectivity index (χ3v) is 4.43. The number of aryl methyl sites for hydroxylation is 2. The summed E-state index contributed by atoms with van der Waals surface area (Å²) in [7, 11) is 0. The van der Waals surface area contributed by atoms with Gasteiger partial charge < -0.3 is 14.6 Å². The van der Waals surface area contributed by atoms with E-state index in [-0.39, 0.29) is 24.4 Å². The van der Waals surface area contributed by atoms with Crippen molar-refractivity contribution in [3.05, 3.63) is 35.1 Å². The number of furan rings is 1. The number of halogens is 1. The largest absolute Gasteiger partial charge is 0.464 e. The summed E-state index contributed by atoms with van der Waals surface area (Å²) in [5.41, 5.74) is 4.30. The average molecular weight is 323 g/mol. The number of nitrogens with zero attached hydrogens (tertiary/aromatic N) is 1. The predicted octanol–water partition coefficient (Wildman–Crippen LogP) is 2.83. The van der Waals surface area contributed by atoms with Crippen LogP contribution in [0.25, 0.3) is 11.0 Å². The van der Waals surface area contributed by atoms with Crippen molar-refractivity contribution >= 4 is 29.3 Å². The Morgan fingerprint density at radius 2 is 2.09 bits per heavy atom. The standard InChI is InChI=1S/C17H22N2O2.ClH/c1-11-6-15-14(10-21-16(15)7-12(11)2)8-17(20)19-5-4-18-9-13(19)3;/h6-7,10,13,18H,4-5,8-9H2,1-3H3;1H/t13-;/m0./s1. The normalized spacial score (nSPS) is 18.3. The second-order valence-electron chi connectivity index (χ2n) is 6.01. The van der Waals surface area contributed by atoms with E-state index in [4.69, 9.17) is 4.42 Å². The zero-order chi connectivity index (χ0) is 15.0. The molecule has 2 heterocycles. The lowest BCUT2D eigenvalue weighted by molar-refractivity contribution is -0.133. The number of carbonyl (C=O) groups is 1. The third kappa shape index (κ3) is 3.13. The fourth-order valence-electron chi connectivity index (χ4n) is 2.95. The molecule has 0 bridgehead atoms. The van der Waals surface area contributed by atoms with Crippen LogP contribution in [-0.2, 0) is 11.2 Å². The van der Waals surface area contributed by atoms with Gasteiger partial charge in [-0.05, 0) is 44.0 Å². The van der Waals surface area contributed by atoms with E-state index in [0.717, 1.165) is 36.2 Å². The topological polar surface area (TPSA) is 45.5 Å². The van der Waals surface area contributed by atoms with Crippen LogP contribution in [0.15, 0.2) is 22.8 Å². The molecule has 1 saturated heterocycles. The second-order valence-corrected chi connectivity index (χ2v) is 6.01. The summed E-state index contributed by atoms with van der Waals surface area (Å²) < 4.78 is 5.62. The van der Waals surface area contributed by atoms with Gasteiger partial charge in [-0.1, -0.05) is 0 Å². The first-order chi connectivity index (χ1) is 10.1. The molecule has 1 aromatic carbocycles. The number of nitrogens with one attached hydrogen (secondary N) is 1. The molecule has 0 saturated carbocycles. The highest BCUT2D eigenvalue weighted by Crippen LogP contribution is 2.25. The van der Waals surface area contributed by atoms with Gasteiger partial charge in [-0.15, -0.1) is 12.4 Å². The van der Waals surface area contributed by atoms with E-state index >= 15 is 0 Å². The zero-order valence-electron chi connectivity index (χ0n) is 13.3. The number of rotatable bonds is 2. The molecule has 1 N–H and O–H groups in total. The van der Waals surface area contributed by atoms with E-state index in [1.54, 1.807) is 6.26 Å². The first-order valence-corrected chi connectivity index (χ1v) is 7.54. The number of benzene rings is 1. The summed E-state index contributed by atoms with van der Waals surface area (Å²) in [4.78, 5) is 14.5. The van der Waals surface area contributed by atoms with Gasteiger partial charge in [-0.2, -0.15) is 0 Å². The molecule has 1 atom stereocenters. The number of fused-ring (bicyclic) bond motifs is 1. The second kappa shape index (κ2) is 6.71. The molecule has 1 amide bonds. The highest BCUT2D eigenvalue weighted by molar-refractivity contribution is 5.88. The predicted molar refractivity (Wildman–Crippen MR) is 90.7 cm³/mol. The fraction of sp³-hybridized carbons (Fsp3) is 0.471. The molecule has 3 rings (SSSR count). The Morgan fingerprint density at radius 1 is 1.36 bits per heavy atom. The minimum Gasteiger partial charge on any atom is -0.464 e. The van der Waals surface area contributed by atoms with Crippen molar-refractivity contribution < 1.29 is 9.21 Å². The van der Waals surface area contributed by atoms with Crippen molar-refractivity contribution in [1.82, 2.24) is 10.2 Å². The molecule has 0 unspecified atom stereocenters. The van der Waals surface area contributed by atoms with Crippen LogP contribution in [0.3, 0.4) is 0 Å². The smallest absolute Gasteiger partial charge is 0.227 e. The summed E-state index contributed by atoms with van der Waals surface area (Å²) >= 11 is 0. The van der Waals surface area contributed by atoms with Crippen molar-refractivity contribution in [3.8, 4) is 0 Å². The van der Waals surface area contributed by atoms with Crippen LogP contribution in [0.4, 0.5) is 0 Å². The Bertz CT molecular complexity index is 681. The third-order valence-electron chi connectivity index (χ3n) is 4.43. The SMILES string of the molecule is Cc1cc2occ(CC(=O)N3CCNC[C@@H]3C)c2cc1C.Cl. The van der Waals surface area contributed by atoms with Gasteiger partial charge in [-0.25, -0.2) is 0 Å². The molecule has 1 aliphatic heterocycles. The Labute approximate surface area is 137 Å². The summed E-state index contributed by atoms with van der Waals surface area (Å²) in [6, 6.07) is 4.43. The van der Waals surface area contributed by atoms with Crippen molar-refractivity contribution in [3.63, 3.8) is 0 Å². The van der Waals surface area contributed by atoms with Gasteiger partial charge in [0, 0.05) is 36.6 Å². The number of piperazine rings is 1. The van der Waals surface area contributed by atoms with Gasteiger partial charge in [-0.3, -0.25) is 4.79 Å². The molecule has 0 spiro atoms. The van der Waals surface area contributed by atoms with Crippen molar-refractivity contribution in [2.45, 2.75) is 33.2 Å². The van der Waals surface area contributed by atoms with Crippen LogP contribution in [0, 0.1) is 13.8 Å². The van der Waals surface area contributed by atoms with Gasteiger partial charge in [0.25, 0.3) is 0 Å². The lowest BCUT2D eigenvalue weighted by Crippen LogP contribution is -2.52. The number of carbonyl (C=O) groups excluding carboxylic acids is 1. The van der Waals surface area contributed by atoms with E-state index in [1.807, 2.05) is 11.0 Å². The molecule has 4 nitrogen and oxygen atoms in total. The molecule has 5 heteroatoms. The van der Waals surface area contributed by atoms with E-state index < -0.39 is 0 Å². The summed E-state index contributed by atoms with van der Waals surface area (Å²) in [5.74, 6) is 0.185. The van der Waals surface area contributed by atoms with E-state index in [9.17, 15) is 4.79 Å². The molecule has 1 fully saturated rings. The summed E-state index contributed by atoms with van der Waals surface area (Å²) in [6.45, 7) is 8.78. The number of amides is 1. The Morgan fingerprint density at radius 3 is 2.82 bits per heavy atom. The van der Waals surface area contributed by atoms with Crippen LogP contribution in [-0.4, -0.2) is 36.5 Å². The minimum atomic E-state index is 0. The Hall–Kier alpha value is -1.52. The van der Waals surface area contributed by atoms with Crippen LogP contribution in [0.2, 0.25) is 0 Å². The van der Waals surface area contributed by atoms with Gasteiger partial charge in [0.15, 0.2) is 0 Å². The van der Waals surface area contributed by atoms with Crippen LogP contribution in [0.1, 0.15) is 23.6 Å². The van der Waals surface area contributed by atoms with Gasteiger partial charge in [0.05, 0.1) is 12.7 Å². The lowest BCUT2D eigenvalue weighted by atomic mass is 10.0. The molecule has 1 aliphatic rings. The fourth-order valence-corrected chi connectivity index (χ4v) is 2.95. The molecule has 0 aliphatic carbocycles. The highest BCUT2D eigenvalue weighted by atomic mass is 35.5. The van der Waals surface area contributed by atoms with E-state index in [0.29, 0.717) is 6.42 Å². The first kappa shape index (κ1) is 16.8. The summed E-state index contributed by atoms with van der Waals surface area (Å²) in [5, 5.41) is 4.37. The molecule has 22 heavy (non-hydrogen) atoms. The maximum Gasteiger partial charge on any atom is 0.227 e. The van der Waals surface area contributed by atoms with Crippen molar-refractivity contribution in [2.24, 2.45) is 0 Å². The molecular formula is C17H23ClN2O2. The molecule has 0 radical (unpaired) electrons. The quantitative estimate of drug-likeness (QED) is 0.924. The van der Waals surface area contributed by atoms with Gasteiger partial charge in [0.1, 0.15) is 5.58 Å². The molecular weight excluding hydrogens is 300 g/mol. The summed E-state index contributed by atoms with van der Waals surface area (Å²) in [6.07, 6.45) is 2.15. The minimum absolute atomic E-state index is 0. The molecule has 120 valence electrons. The van der Waals surface area contributed by atoms with Gasteiger partial charge >= 0.3 is 0 Å². The van der Waals surface area contributed by atoms with E-state index in [1.165, 1.54) is 11.1 Å². The van der Waals surface area contributed by atoms with Crippen molar-refractivity contribution in [1.29, 1.82) is 0 Å².